The van der Waals surface area contributed by atoms with Gasteiger partial charge in [-0.3, -0.25) is 9.48 Å². The van der Waals surface area contributed by atoms with Crippen LogP contribution in [0.1, 0.15) is 41.0 Å². The van der Waals surface area contributed by atoms with Crippen LogP contribution in [0.25, 0.3) is 0 Å². The molecule has 2 atom stereocenters. The molecule has 1 fully saturated rings. The minimum atomic E-state index is -0.886. The molecule has 3 rings (SSSR count). The number of amides is 1. The van der Waals surface area contributed by atoms with Gasteiger partial charge in [0, 0.05) is 25.4 Å². The van der Waals surface area contributed by atoms with E-state index >= 15 is 0 Å². The first-order chi connectivity index (χ1) is 13.1. The second-order valence-electron chi connectivity index (χ2n) is 6.55. The Morgan fingerprint density at radius 1 is 1.37 bits per heavy atom. The minimum absolute atomic E-state index is 0.0625. The summed E-state index contributed by atoms with van der Waals surface area (Å²) in [7, 11) is 3.09. The minimum Gasteiger partial charge on any atom is -0.497 e. The molecule has 0 aliphatic carbocycles. The van der Waals surface area contributed by atoms with Gasteiger partial charge in [-0.1, -0.05) is 0 Å². The van der Waals surface area contributed by atoms with Gasteiger partial charge < -0.3 is 25.2 Å². The summed E-state index contributed by atoms with van der Waals surface area (Å²) in [5, 5.41) is 20.8. The molecule has 0 radical (unpaired) electrons. The fourth-order valence-corrected chi connectivity index (χ4v) is 3.14. The molecule has 146 valence electrons. The lowest BCUT2D eigenvalue weighted by atomic mass is 10.1. The molecule has 0 spiro atoms. The van der Waals surface area contributed by atoms with Crippen LogP contribution in [-0.2, 0) is 0 Å². The van der Waals surface area contributed by atoms with Gasteiger partial charge in [0.2, 0.25) is 0 Å². The number of rotatable bonds is 7. The summed E-state index contributed by atoms with van der Waals surface area (Å²) < 4.78 is 12.3. The fourth-order valence-electron chi connectivity index (χ4n) is 3.14. The van der Waals surface area contributed by atoms with E-state index in [1.165, 1.54) is 0 Å². The lowest BCUT2D eigenvalue weighted by molar-refractivity contribution is 0.0910. The Balaban J connectivity index is 1.59. The lowest BCUT2D eigenvalue weighted by Crippen LogP contribution is -2.32. The highest BCUT2D eigenvalue weighted by Gasteiger charge is 2.18. The first kappa shape index (κ1) is 19.2. The Morgan fingerprint density at radius 3 is 2.74 bits per heavy atom. The van der Waals surface area contributed by atoms with Crippen LogP contribution in [0.4, 0.5) is 0 Å². The Hall–Kier alpha value is -2.58. The third-order valence-corrected chi connectivity index (χ3v) is 4.70. The Morgan fingerprint density at radius 2 is 2.11 bits per heavy atom. The van der Waals surface area contributed by atoms with Gasteiger partial charge in [-0.25, -0.2) is 0 Å². The van der Waals surface area contributed by atoms with Crippen molar-refractivity contribution >= 4 is 5.91 Å². The first-order valence-electron chi connectivity index (χ1n) is 9.06. The number of nitrogens with one attached hydrogen (secondary N) is 2. The average molecular weight is 374 g/mol. The van der Waals surface area contributed by atoms with Gasteiger partial charge in [0.1, 0.15) is 17.2 Å². The van der Waals surface area contributed by atoms with Crippen molar-refractivity contribution in [2.45, 2.75) is 25.0 Å². The molecule has 1 saturated heterocycles. The quantitative estimate of drug-likeness (QED) is 0.676. The highest BCUT2D eigenvalue weighted by atomic mass is 16.5. The molecule has 0 bridgehead atoms. The van der Waals surface area contributed by atoms with Crippen molar-refractivity contribution in [1.29, 1.82) is 0 Å². The largest absolute Gasteiger partial charge is 0.497 e. The monoisotopic (exact) mass is 374 g/mol. The normalized spacial score (nSPS) is 18.0. The van der Waals surface area contributed by atoms with Gasteiger partial charge in [-0.15, -0.1) is 0 Å². The van der Waals surface area contributed by atoms with E-state index in [1.54, 1.807) is 38.5 Å². The smallest absolute Gasteiger partial charge is 0.271 e. The summed E-state index contributed by atoms with van der Waals surface area (Å²) in [6.45, 7) is 1.95. The van der Waals surface area contributed by atoms with Crippen LogP contribution >= 0.6 is 0 Å². The maximum absolute atomic E-state index is 12.4. The zero-order chi connectivity index (χ0) is 19.2. The molecule has 8 nitrogen and oxygen atoms in total. The predicted octanol–water partition coefficient (Wildman–Crippen LogP) is 1.29. The second-order valence-corrected chi connectivity index (χ2v) is 6.55. The Bertz CT molecular complexity index is 749. The van der Waals surface area contributed by atoms with E-state index in [-0.39, 0.29) is 18.5 Å². The first-order valence-corrected chi connectivity index (χ1v) is 9.06. The van der Waals surface area contributed by atoms with Gasteiger partial charge in [0.25, 0.3) is 5.91 Å². The molecule has 8 heteroatoms. The lowest BCUT2D eigenvalue weighted by Gasteiger charge is -2.22. The standard InChI is InChI=1S/C19H26N4O4/c1-26-15-8-13(9-16(10-15)27-2)18(24)12-21-19(25)17-5-7-23(22-17)14-4-3-6-20-11-14/h5,7-10,14,18,20,24H,3-4,6,11-12H2,1-2H3,(H,21,25). The number of aliphatic hydroxyl groups is 1. The van der Waals surface area contributed by atoms with Crippen LogP contribution in [0, 0.1) is 0 Å². The van der Waals surface area contributed by atoms with Crippen molar-refractivity contribution in [3.05, 3.63) is 41.7 Å². The molecule has 0 saturated carbocycles. The van der Waals surface area contributed by atoms with E-state index in [0.29, 0.717) is 22.8 Å². The topological polar surface area (TPSA) is 97.6 Å². The second kappa shape index (κ2) is 8.88. The highest BCUT2D eigenvalue weighted by molar-refractivity contribution is 5.92. The number of carbonyl (C=O) groups excluding carboxylic acids is 1. The Labute approximate surface area is 158 Å². The van der Waals surface area contributed by atoms with Gasteiger partial charge in [-0.2, -0.15) is 5.10 Å². The number of hydrogen-bond donors (Lipinski definition) is 3. The van der Waals surface area contributed by atoms with Crippen molar-refractivity contribution in [3.63, 3.8) is 0 Å². The van der Waals surface area contributed by atoms with Gasteiger partial charge in [-0.05, 0) is 43.1 Å². The number of carbonyl (C=O) groups is 1. The Kier molecular flexibility index (Phi) is 6.31. The zero-order valence-electron chi connectivity index (χ0n) is 15.6. The summed E-state index contributed by atoms with van der Waals surface area (Å²) in [5.41, 5.74) is 0.946. The molecule has 1 aromatic heterocycles. The van der Waals surface area contributed by atoms with Gasteiger partial charge >= 0.3 is 0 Å². The fraction of sp³-hybridized carbons (Fsp3) is 0.474. The molecule has 27 heavy (non-hydrogen) atoms. The molecule has 1 aliphatic rings. The molecule has 1 amide bonds. The highest BCUT2D eigenvalue weighted by Crippen LogP contribution is 2.26. The van der Waals surface area contributed by atoms with Gasteiger partial charge in [0.05, 0.1) is 26.4 Å². The van der Waals surface area contributed by atoms with Crippen LogP contribution in [0.15, 0.2) is 30.5 Å². The number of aliphatic hydroxyl groups excluding tert-OH is 1. The molecular formula is C19H26N4O4. The van der Waals surface area contributed by atoms with Crippen LogP contribution in [-0.4, -0.2) is 54.6 Å². The molecule has 1 aliphatic heterocycles. The molecule has 2 unspecified atom stereocenters. The number of nitrogens with zero attached hydrogens (tertiary/aromatic N) is 2. The SMILES string of the molecule is COc1cc(OC)cc(C(O)CNC(=O)c2ccn(C3CCCNC3)n2)c1. The van der Waals surface area contributed by atoms with Crippen LogP contribution in [0.2, 0.25) is 0 Å². The molecule has 1 aromatic carbocycles. The van der Waals surface area contributed by atoms with Crippen molar-refractivity contribution in [3.8, 4) is 11.5 Å². The average Bonchev–Trinajstić information content (AvgIpc) is 3.22. The summed E-state index contributed by atoms with van der Waals surface area (Å²) in [6.07, 6.45) is 3.09. The molecule has 3 N–H and O–H groups in total. The van der Waals surface area contributed by atoms with E-state index < -0.39 is 6.10 Å². The number of hydrogen-bond acceptors (Lipinski definition) is 6. The maximum Gasteiger partial charge on any atom is 0.271 e. The number of piperidine rings is 1. The zero-order valence-corrected chi connectivity index (χ0v) is 15.6. The van der Waals surface area contributed by atoms with E-state index in [2.05, 4.69) is 15.7 Å². The summed E-state index contributed by atoms with van der Waals surface area (Å²) in [4.78, 5) is 12.4. The summed E-state index contributed by atoms with van der Waals surface area (Å²) in [6, 6.07) is 7.12. The van der Waals surface area contributed by atoms with Crippen LogP contribution in [0.5, 0.6) is 11.5 Å². The molecule has 2 heterocycles. The maximum atomic E-state index is 12.4. The third-order valence-electron chi connectivity index (χ3n) is 4.70. The van der Waals surface area contributed by atoms with Crippen molar-refractivity contribution in [1.82, 2.24) is 20.4 Å². The van der Waals surface area contributed by atoms with E-state index in [4.69, 9.17) is 9.47 Å². The van der Waals surface area contributed by atoms with Crippen LogP contribution < -0.4 is 20.1 Å². The number of benzene rings is 1. The molecular weight excluding hydrogens is 348 g/mol. The summed E-state index contributed by atoms with van der Waals surface area (Å²) >= 11 is 0. The van der Waals surface area contributed by atoms with Crippen molar-refractivity contribution in [2.24, 2.45) is 0 Å². The van der Waals surface area contributed by atoms with E-state index in [1.807, 2.05) is 10.9 Å². The number of ether oxygens (including phenoxy) is 2. The van der Waals surface area contributed by atoms with Crippen molar-refractivity contribution < 1.29 is 19.4 Å². The van der Waals surface area contributed by atoms with E-state index in [0.717, 1.165) is 25.9 Å². The van der Waals surface area contributed by atoms with Crippen LogP contribution in [0.3, 0.4) is 0 Å². The van der Waals surface area contributed by atoms with Crippen molar-refractivity contribution in [2.75, 3.05) is 33.9 Å². The summed E-state index contributed by atoms with van der Waals surface area (Å²) in [5.74, 6) is 0.843. The molecule has 2 aromatic rings. The number of methoxy groups -OCH3 is 2. The van der Waals surface area contributed by atoms with E-state index in [9.17, 15) is 9.90 Å². The predicted molar refractivity (Wildman–Crippen MR) is 100 cm³/mol. The van der Waals surface area contributed by atoms with Gasteiger partial charge in [0.15, 0.2) is 0 Å². The third kappa shape index (κ3) is 4.78. The number of aromatic nitrogens is 2.